The van der Waals surface area contributed by atoms with Gasteiger partial charge in [0.15, 0.2) is 0 Å². The molecule has 0 bridgehead atoms. The number of hydrogen-bond acceptors (Lipinski definition) is 6. The van der Waals surface area contributed by atoms with Gasteiger partial charge < -0.3 is 9.11 Å². The zero-order valence-electron chi connectivity index (χ0n) is 21.6. The molecule has 0 aromatic heterocycles. The van der Waals surface area contributed by atoms with E-state index in [0.29, 0.717) is 12.8 Å². The minimum Gasteiger partial charge on any atom is -0.744 e. The summed E-state index contributed by atoms with van der Waals surface area (Å²) < 4.78 is 66.9. The molecule has 0 fully saturated rings. The van der Waals surface area contributed by atoms with Crippen molar-refractivity contribution in [2.24, 2.45) is 0 Å². The third kappa shape index (κ3) is 7.32. The van der Waals surface area contributed by atoms with E-state index in [1.54, 1.807) is 0 Å². The maximum absolute atomic E-state index is 11.1. The van der Waals surface area contributed by atoms with Gasteiger partial charge in [0, 0.05) is 0 Å². The van der Waals surface area contributed by atoms with Gasteiger partial charge in [-0.05, 0) is 93.7 Å². The van der Waals surface area contributed by atoms with E-state index in [1.807, 2.05) is 50.2 Å². The Morgan fingerprint density at radius 2 is 0.865 bits per heavy atom. The van der Waals surface area contributed by atoms with Crippen molar-refractivity contribution in [1.82, 2.24) is 0 Å². The summed E-state index contributed by atoms with van der Waals surface area (Å²) in [7, 11) is -8.79. The number of rotatable bonds is 6. The molecule has 0 atom stereocenters. The van der Waals surface area contributed by atoms with E-state index in [4.69, 9.17) is 0 Å². The van der Waals surface area contributed by atoms with Crippen LogP contribution in [0.1, 0.15) is 49.9 Å². The van der Waals surface area contributed by atoms with Gasteiger partial charge in [-0.25, -0.2) is 16.8 Å². The third-order valence-electron chi connectivity index (χ3n) is 6.34. The van der Waals surface area contributed by atoms with Gasteiger partial charge in [0.05, 0.1) is 9.79 Å². The molecule has 9 heteroatoms. The Morgan fingerprint density at radius 3 is 1.14 bits per heavy atom. The van der Waals surface area contributed by atoms with Crippen LogP contribution in [0.15, 0.2) is 70.5 Å². The average Bonchev–Trinajstić information content (AvgIpc) is 2.85. The molecular formula is C28H30CaO6S2. The average molecular weight is 567 g/mol. The number of benzene rings is 4. The molecule has 0 spiro atoms. The minimum absolute atomic E-state index is 0. The van der Waals surface area contributed by atoms with Crippen molar-refractivity contribution in [3.05, 3.63) is 82.9 Å². The van der Waals surface area contributed by atoms with Crippen molar-refractivity contribution < 1.29 is 25.9 Å². The first-order chi connectivity index (χ1) is 16.9. The normalized spacial score (nSPS) is 11.6. The Labute approximate surface area is 249 Å². The van der Waals surface area contributed by atoms with Crippen molar-refractivity contribution in [1.29, 1.82) is 0 Å². The maximum Gasteiger partial charge on any atom is 2.00 e. The van der Waals surface area contributed by atoms with Gasteiger partial charge >= 0.3 is 37.7 Å². The number of fused-ring (bicyclic) bond motifs is 2. The smallest absolute Gasteiger partial charge is 0.744 e. The molecule has 6 nitrogen and oxygen atoms in total. The fraction of sp³-hybridized carbons (Fsp3) is 0.286. The molecule has 4 aromatic rings. The van der Waals surface area contributed by atoms with Crippen LogP contribution in [0.5, 0.6) is 0 Å². The second-order valence-corrected chi connectivity index (χ2v) is 11.3. The molecule has 0 aliphatic carbocycles. The number of hydrogen-bond donors (Lipinski definition) is 0. The van der Waals surface area contributed by atoms with E-state index in [1.165, 1.54) is 35.4 Å². The first kappa shape index (κ1) is 31.7. The van der Waals surface area contributed by atoms with Crippen LogP contribution in [0.25, 0.3) is 21.5 Å². The number of aryl methyl sites for hydroxylation is 4. The predicted molar refractivity (Wildman–Crippen MR) is 147 cm³/mol. The zero-order chi connectivity index (χ0) is 26.7. The van der Waals surface area contributed by atoms with E-state index in [0.717, 1.165) is 45.5 Å². The fourth-order valence-electron chi connectivity index (χ4n) is 4.58. The summed E-state index contributed by atoms with van der Waals surface area (Å²) in [6.07, 6.45) is 3.18. The van der Waals surface area contributed by atoms with E-state index < -0.39 is 20.2 Å². The molecule has 0 radical (unpaired) electrons. The summed E-state index contributed by atoms with van der Waals surface area (Å²) in [5.74, 6) is 0. The Morgan fingerprint density at radius 1 is 0.541 bits per heavy atom. The topological polar surface area (TPSA) is 114 Å². The van der Waals surface area contributed by atoms with Crippen molar-refractivity contribution in [3.63, 3.8) is 0 Å². The molecule has 4 rings (SSSR count). The summed E-state index contributed by atoms with van der Waals surface area (Å²) >= 11 is 0. The molecule has 0 aliphatic rings. The van der Waals surface area contributed by atoms with Crippen LogP contribution in [0.4, 0.5) is 0 Å². The first-order valence-corrected chi connectivity index (χ1v) is 14.8. The van der Waals surface area contributed by atoms with Crippen LogP contribution >= 0.6 is 0 Å². The van der Waals surface area contributed by atoms with Crippen LogP contribution in [-0.2, 0) is 45.9 Å². The molecule has 0 N–H and O–H groups in total. The fourth-order valence-corrected chi connectivity index (χ4v) is 5.69. The molecule has 37 heavy (non-hydrogen) atoms. The second-order valence-electron chi connectivity index (χ2n) is 8.52. The van der Waals surface area contributed by atoms with Gasteiger partial charge in [-0.3, -0.25) is 0 Å². The molecule has 0 heterocycles. The molecule has 4 aromatic carbocycles. The van der Waals surface area contributed by atoms with Gasteiger partial charge in [0.1, 0.15) is 20.2 Å². The van der Waals surface area contributed by atoms with Crippen molar-refractivity contribution >= 4 is 79.5 Å². The van der Waals surface area contributed by atoms with Crippen LogP contribution in [0.3, 0.4) is 0 Å². The first-order valence-electron chi connectivity index (χ1n) is 11.9. The van der Waals surface area contributed by atoms with Gasteiger partial charge in [-0.15, -0.1) is 0 Å². The third-order valence-corrected chi connectivity index (χ3v) is 7.96. The van der Waals surface area contributed by atoms with Crippen molar-refractivity contribution in [3.8, 4) is 0 Å². The Balaban J connectivity index is 0.000000253. The Hall–Kier alpha value is -1.52. The summed E-state index contributed by atoms with van der Waals surface area (Å²) in [5, 5.41) is 3.80. The van der Waals surface area contributed by atoms with Crippen molar-refractivity contribution in [2.45, 2.75) is 63.2 Å². The monoisotopic (exact) mass is 566 g/mol. The Kier molecular flexibility index (Phi) is 11.2. The SMILES string of the molecule is CCc1cccc2cc(S(=O)(=O)[O-])cc(CC)c12.CCc1cccc2cc(S(=O)(=O)[O-])cc(CC)c12.[Ca+2]. The van der Waals surface area contributed by atoms with E-state index >= 15 is 0 Å². The Bertz CT molecular complexity index is 1500. The predicted octanol–water partition coefficient (Wildman–Crippen LogP) is 5.36. The van der Waals surface area contributed by atoms with Gasteiger partial charge in [0.2, 0.25) is 0 Å². The van der Waals surface area contributed by atoms with Crippen LogP contribution in [-0.4, -0.2) is 63.7 Å². The molecule has 0 saturated carbocycles. The van der Waals surface area contributed by atoms with E-state index in [9.17, 15) is 25.9 Å². The van der Waals surface area contributed by atoms with Gasteiger partial charge in [-0.2, -0.15) is 0 Å². The zero-order valence-corrected chi connectivity index (χ0v) is 25.4. The largest absolute Gasteiger partial charge is 2.00 e. The molecule has 0 aliphatic heterocycles. The quantitative estimate of drug-likeness (QED) is 0.229. The van der Waals surface area contributed by atoms with Crippen molar-refractivity contribution in [2.75, 3.05) is 0 Å². The standard InChI is InChI=1S/2C14H16O3S.Ca/c2*1-3-10-6-5-7-12-9-13(18(15,16)17)8-11(4-2)14(10)12;/h2*5-9H,3-4H2,1-2H3,(H,15,16,17);/q;;+2/p-2. The van der Waals surface area contributed by atoms with Gasteiger partial charge in [0.25, 0.3) is 0 Å². The summed E-state index contributed by atoms with van der Waals surface area (Å²) in [5.41, 5.74) is 4.19. The van der Waals surface area contributed by atoms with E-state index in [2.05, 4.69) is 13.8 Å². The molecular weight excluding hydrogens is 537 g/mol. The molecule has 192 valence electrons. The maximum atomic E-state index is 11.1. The van der Waals surface area contributed by atoms with Crippen LogP contribution in [0.2, 0.25) is 0 Å². The van der Waals surface area contributed by atoms with Gasteiger partial charge in [-0.1, -0.05) is 64.1 Å². The summed E-state index contributed by atoms with van der Waals surface area (Å²) in [6, 6.07) is 17.5. The van der Waals surface area contributed by atoms with Crippen LogP contribution in [0, 0.1) is 0 Å². The summed E-state index contributed by atoms with van der Waals surface area (Å²) in [4.78, 5) is -0.278. The van der Waals surface area contributed by atoms with E-state index in [-0.39, 0.29) is 47.5 Å². The van der Waals surface area contributed by atoms with Crippen LogP contribution < -0.4 is 0 Å². The summed E-state index contributed by atoms with van der Waals surface area (Å²) in [6.45, 7) is 8.05. The minimum atomic E-state index is -4.40. The molecule has 0 saturated heterocycles. The second kappa shape index (κ2) is 13.0. The molecule has 0 amide bonds. The molecule has 0 unspecified atom stereocenters.